The van der Waals surface area contributed by atoms with E-state index >= 15 is 0 Å². The predicted molar refractivity (Wildman–Crippen MR) is 117 cm³/mol. The third-order valence-corrected chi connectivity index (χ3v) is 5.63. The number of benzene rings is 2. The number of ether oxygens (including phenoxy) is 2. The van der Waals surface area contributed by atoms with Crippen LogP contribution in [-0.4, -0.2) is 42.1 Å². The number of thioether (sulfide) groups is 1. The monoisotopic (exact) mass is 483 g/mol. The Balaban J connectivity index is 1.76. The summed E-state index contributed by atoms with van der Waals surface area (Å²) >= 11 is 13.2. The molecule has 0 saturated carbocycles. The summed E-state index contributed by atoms with van der Waals surface area (Å²) in [6, 6.07) is 9.18. The molecule has 0 bridgehead atoms. The molecule has 0 aliphatic carbocycles. The molecule has 1 saturated heterocycles. The summed E-state index contributed by atoms with van der Waals surface area (Å²) in [5, 5.41) is -0.239. The van der Waals surface area contributed by atoms with Gasteiger partial charge in [0.15, 0.2) is 11.5 Å². The molecule has 0 unspecified atom stereocenters. The quantitative estimate of drug-likeness (QED) is 0.493. The lowest BCUT2D eigenvalue weighted by molar-refractivity contribution is -0.130. The molecule has 2 amide bonds. The summed E-state index contributed by atoms with van der Waals surface area (Å²) in [5.74, 6) is -1.23. The molecule has 1 aliphatic heterocycles. The highest BCUT2D eigenvalue weighted by Crippen LogP contribution is 2.37. The second kappa shape index (κ2) is 10.3. The Labute approximate surface area is 191 Å². The number of carbonyl (C=O) groups is 3. The van der Waals surface area contributed by atoms with Gasteiger partial charge >= 0.3 is 0 Å². The minimum absolute atomic E-state index is 0.0696. The van der Waals surface area contributed by atoms with E-state index < -0.39 is 22.7 Å². The van der Waals surface area contributed by atoms with Crippen LogP contribution in [-0.2, 0) is 20.9 Å². The number of methoxy groups -OCH3 is 1. The van der Waals surface area contributed by atoms with Gasteiger partial charge in [-0.1, -0.05) is 41.4 Å². The summed E-state index contributed by atoms with van der Waals surface area (Å²) in [4.78, 5) is 37.3. The molecule has 6 nitrogen and oxygen atoms in total. The number of Topliss-reactive ketones (excluding diaryl/α,β-unsaturated/α-hetero) is 1. The number of ketones is 1. The number of imide groups is 1. The van der Waals surface area contributed by atoms with Gasteiger partial charge in [-0.15, -0.1) is 0 Å². The SMILES string of the molecule is COCC(=O)CN1C(=O)S/C(=C/c2cc(Cl)c(OCc3ccccc3F)c(Cl)c2)C1=O. The number of amides is 2. The average Bonchev–Trinajstić information content (AvgIpc) is 2.96. The van der Waals surface area contributed by atoms with E-state index in [9.17, 15) is 18.8 Å². The fourth-order valence-electron chi connectivity index (χ4n) is 2.74. The van der Waals surface area contributed by atoms with Crippen LogP contribution in [0.1, 0.15) is 11.1 Å². The molecule has 0 N–H and O–H groups in total. The highest BCUT2D eigenvalue weighted by molar-refractivity contribution is 8.18. The van der Waals surface area contributed by atoms with Crippen LogP contribution in [0.3, 0.4) is 0 Å². The van der Waals surface area contributed by atoms with Crippen molar-refractivity contribution < 1.29 is 28.2 Å². The van der Waals surface area contributed by atoms with Crippen LogP contribution >= 0.6 is 35.0 Å². The normalized spacial score (nSPS) is 15.1. The molecule has 2 aromatic rings. The molecule has 10 heteroatoms. The van der Waals surface area contributed by atoms with E-state index in [1.54, 1.807) is 18.2 Å². The van der Waals surface area contributed by atoms with Crippen molar-refractivity contribution in [1.29, 1.82) is 0 Å². The van der Waals surface area contributed by atoms with Crippen molar-refractivity contribution in [3.63, 3.8) is 0 Å². The molecule has 0 atom stereocenters. The Kier molecular flexibility index (Phi) is 7.72. The molecular formula is C21H16Cl2FNO5S. The number of hydrogen-bond donors (Lipinski definition) is 0. The zero-order valence-electron chi connectivity index (χ0n) is 16.2. The Morgan fingerprint density at radius 3 is 2.52 bits per heavy atom. The van der Waals surface area contributed by atoms with Gasteiger partial charge in [-0.05, 0) is 41.6 Å². The molecule has 31 heavy (non-hydrogen) atoms. The Morgan fingerprint density at radius 1 is 1.19 bits per heavy atom. The van der Waals surface area contributed by atoms with Gasteiger partial charge in [0.25, 0.3) is 11.1 Å². The van der Waals surface area contributed by atoms with E-state index in [0.29, 0.717) is 22.9 Å². The molecular weight excluding hydrogens is 468 g/mol. The molecule has 162 valence electrons. The second-order valence-electron chi connectivity index (χ2n) is 6.43. The zero-order valence-corrected chi connectivity index (χ0v) is 18.5. The van der Waals surface area contributed by atoms with Crippen molar-refractivity contribution in [3.05, 3.63) is 68.3 Å². The zero-order chi connectivity index (χ0) is 22.5. The van der Waals surface area contributed by atoms with Gasteiger partial charge in [0.1, 0.15) is 19.0 Å². The van der Waals surface area contributed by atoms with E-state index in [1.807, 2.05) is 0 Å². The molecule has 0 spiro atoms. The molecule has 3 rings (SSSR count). The first kappa shape index (κ1) is 23.3. The van der Waals surface area contributed by atoms with Crippen LogP contribution < -0.4 is 4.74 Å². The summed E-state index contributed by atoms with van der Waals surface area (Å²) < 4.78 is 24.0. The number of halogens is 3. The van der Waals surface area contributed by atoms with Crippen molar-refractivity contribution in [3.8, 4) is 5.75 Å². The van der Waals surface area contributed by atoms with Crippen LogP contribution in [0.5, 0.6) is 5.75 Å². The smallest absolute Gasteiger partial charge is 0.293 e. The largest absolute Gasteiger partial charge is 0.486 e. The summed E-state index contributed by atoms with van der Waals surface area (Å²) in [7, 11) is 1.35. The lowest BCUT2D eigenvalue weighted by Crippen LogP contribution is -2.35. The van der Waals surface area contributed by atoms with Crippen LogP contribution in [0, 0.1) is 5.82 Å². The van der Waals surface area contributed by atoms with Crippen LogP contribution in [0.25, 0.3) is 6.08 Å². The number of nitrogens with zero attached hydrogens (tertiary/aromatic N) is 1. The average molecular weight is 484 g/mol. The van der Waals surface area contributed by atoms with Crippen molar-refractivity contribution in [2.75, 3.05) is 20.3 Å². The predicted octanol–water partition coefficient (Wildman–Crippen LogP) is 4.96. The molecule has 1 aliphatic rings. The van der Waals surface area contributed by atoms with Gasteiger partial charge in [0, 0.05) is 12.7 Å². The van der Waals surface area contributed by atoms with E-state index in [0.717, 1.165) is 4.90 Å². The van der Waals surface area contributed by atoms with E-state index in [-0.39, 0.29) is 40.5 Å². The topological polar surface area (TPSA) is 72.9 Å². The first-order chi connectivity index (χ1) is 14.8. The lowest BCUT2D eigenvalue weighted by Gasteiger charge is -2.12. The van der Waals surface area contributed by atoms with Crippen LogP contribution in [0.15, 0.2) is 41.3 Å². The molecule has 0 radical (unpaired) electrons. The van der Waals surface area contributed by atoms with Crippen LogP contribution in [0.2, 0.25) is 10.0 Å². The fourth-order valence-corrected chi connectivity index (χ4v) is 4.19. The van der Waals surface area contributed by atoms with Gasteiger partial charge in [-0.25, -0.2) is 4.39 Å². The Hall–Kier alpha value is -2.39. The molecule has 1 fully saturated rings. The maximum absolute atomic E-state index is 13.8. The van der Waals surface area contributed by atoms with E-state index in [4.69, 9.17) is 32.7 Å². The lowest BCUT2D eigenvalue weighted by atomic mass is 10.2. The number of carbonyl (C=O) groups excluding carboxylic acids is 3. The van der Waals surface area contributed by atoms with Crippen LogP contribution in [0.4, 0.5) is 9.18 Å². The van der Waals surface area contributed by atoms with E-state index in [1.165, 1.54) is 31.4 Å². The summed E-state index contributed by atoms with van der Waals surface area (Å²) in [5.41, 5.74) is 0.803. The third-order valence-electron chi connectivity index (χ3n) is 4.16. The molecule has 0 aromatic heterocycles. The van der Waals surface area contributed by atoms with Gasteiger partial charge in [-0.2, -0.15) is 0 Å². The Morgan fingerprint density at radius 2 is 1.87 bits per heavy atom. The minimum Gasteiger partial charge on any atom is -0.486 e. The van der Waals surface area contributed by atoms with Crippen molar-refractivity contribution >= 4 is 58.0 Å². The van der Waals surface area contributed by atoms with Gasteiger partial charge in [0.05, 0.1) is 21.5 Å². The number of hydrogen-bond acceptors (Lipinski definition) is 6. The van der Waals surface area contributed by atoms with Gasteiger partial charge in [-0.3, -0.25) is 19.3 Å². The maximum Gasteiger partial charge on any atom is 0.293 e. The molecule has 2 aromatic carbocycles. The molecule has 1 heterocycles. The minimum atomic E-state index is -0.591. The maximum atomic E-state index is 13.8. The number of rotatable bonds is 8. The van der Waals surface area contributed by atoms with Gasteiger partial charge < -0.3 is 9.47 Å². The first-order valence-corrected chi connectivity index (χ1v) is 10.5. The van der Waals surface area contributed by atoms with Crippen molar-refractivity contribution in [2.24, 2.45) is 0 Å². The van der Waals surface area contributed by atoms with Gasteiger partial charge in [0.2, 0.25) is 0 Å². The Bertz CT molecular complexity index is 1050. The first-order valence-electron chi connectivity index (χ1n) is 8.91. The standard InChI is InChI=1S/C21H16Cl2FNO5S/c1-29-11-14(26)9-25-20(27)18(31-21(25)28)8-12-6-15(22)19(16(23)7-12)30-10-13-4-2-3-5-17(13)24/h2-8H,9-11H2,1H3/b18-8+. The van der Waals surface area contributed by atoms with Crippen molar-refractivity contribution in [1.82, 2.24) is 4.90 Å². The highest BCUT2D eigenvalue weighted by Gasteiger charge is 2.36. The second-order valence-corrected chi connectivity index (χ2v) is 8.24. The summed E-state index contributed by atoms with van der Waals surface area (Å²) in [6.45, 7) is -0.625. The third kappa shape index (κ3) is 5.65. The fraction of sp³-hybridized carbons (Fsp3) is 0.190. The summed E-state index contributed by atoms with van der Waals surface area (Å²) in [6.07, 6.45) is 1.45. The van der Waals surface area contributed by atoms with E-state index in [2.05, 4.69) is 0 Å². The van der Waals surface area contributed by atoms with Crippen molar-refractivity contribution in [2.45, 2.75) is 6.61 Å². The highest BCUT2D eigenvalue weighted by atomic mass is 35.5.